The lowest BCUT2D eigenvalue weighted by Gasteiger charge is -2.30. The molecule has 2 saturated heterocycles. The van der Waals surface area contributed by atoms with Crippen molar-refractivity contribution in [2.24, 2.45) is 5.92 Å². The molecule has 2 aliphatic heterocycles. The maximum absolute atomic E-state index is 12.4. The Hall–Kier alpha value is -0.330. The second kappa shape index (κ2) is 6.90. The number of nitrogens with zero attached hydrogens (tertiary/aromatic N) is 1. The molecule has 0 aromatic heterocycles. The Labute approximate surface area is 121 Å². The van der Waals surface area contributed by atoms with Gasteiger partial charge in [-0.05, 0) is 25.8 Å². The molecule has 0 aromatic carbocycles. The molecule has 0 aliphatic carbocycles. The van der Waals surface area contributed by atoms with Crippen molar-refractivity contribution in [3.05, 3.63) is 0 Å². The number of carbonyl (C=O) groups excluding carboxylic acids is 1. The van der Waals surface area contributed by atoms with Gasteiger partial charge in [0.05, 0.1) is 17.4 Å². The molecule has 0 aromatic rings. The molecule has 1 N–H and O–H groups in total. The van der Waals surface area contributed by atoms with Crippen molar-refractivity contribution in [3.63, 3.8) is 0 Å². The molecule has 5 nitrogen and oxygen atoms in total. The summed E-state index contributed by atoms with van der Waals surface area (Å²) < 4.78 is 22.9. The lowest BCUT2D eigenvalue weighted by molar-refractivity contribution is -0.136. The van der Waals surface area contributed by atoms with E-state index in [1.54, 1.807) is 0 Å². The normalized spacial score (nSPS) is 28.9. The first-order chi connectivity index (χ1) is 8.53. The van der Waals surface area contributed by atoms with Crippen molar-refractivity contribution >= 4 is 28.2 Å². The van der Waals surface area contributed by atoms with E-state index in [-0.39, 0.29) is 41.8 Å². The molecule has 2 atom stereocenters. The second-order valence-electron chi connectivity index (χ2n) is 5.28. The molecule has 19 heavy (non-hydrogen) atoms. The van der Waals surface area contributed by atoms with Gasteiger partial charge in [0.1, 0.15) is 0 Å². The Morgan fingerprint density at radius 2 is 2.11 bits per heavy atom. The van der Waals surface area contributed by atoms with E-state index in [1.165, 1.54) is 0 Å². The quantitative estimate of drug-likeness (QED) is 0.818. The average molecular weight is 311 g/mol. The van der Waals surface area contributed by atoms with Crippen LogP contribution < -0.4 is 5.32 Å². The summed E-state index contributed by atoms with van der Waals surface area (Å²) in [5.41, 5.74) is 0. The Bertz CT molecular complexity index is 407. The molecule has 1 amide bonds. The van der Waals surface area contributed by atoms with Crippen molar-refractivity contribution in [2.45, 2.75) is 32.2 Å². The van der Waals surface area contributed by atoms with Gasteiger partial charge in [0.15, 0.2) is 9.84 Å². The van der Waals surface area contributed by atoms with E-state index in [0.29, 0.717) is 6.42 Å². The maximum Gasteiger partial charge on any atom is 0.227 e. The summed E-state index contributed by atoms with van der Waals surface area (Å²) in [6.07, 6.45) is 2.40. The van der Waals surface area contributed by atoms with Gasteiger partial charge in [0.2, 0.25) is 5.91 Å². The molecule has 2 heterocycles. The van der Waals surface area contributed by atoms with Crippen molar-refractivity contribution in [1.82, 2.24) is 10.2 Å². The molecule has 112 valence electrons. The van der Waals surface area contributed by atoms with E-state index in [0.717, 1.165) is 32.5 Å². The van der Waals surface area contributed by atoms with Crippen LogP contribution >= 0.6 is 12.4 Å². The van der Waals surface area contributed by atoms with Crippen molar-refractivity contribution in [2.75, 3.05) is 31.1 Å². The number of hydrogen-bond donors (Lipinski definition) is 1. The number of halogens is 1. The Balaban J connectivity index is 0.00000180. The molecule has 7 heteroatoms. The highest BCUT2D eigenvalue weighted by Gasteiger charge is 2.37. The van der Waals surface area contributed by atoms with Crippen LogP contribution in [0.4, 0.5) is 0 Å². The molecule has 0 saturated carbocycles. The van der Waals surface area contributed by atoms with E-state index in [4.69, 9.17) is 0 Å². The third-order valence-corrected chi connectivity index (χ3v) is 5.57. The summed E-state index contributed by atoms with van der Waals surface area (Å²) >= 11 is 0. The third kappa shape index (κ3) is 4.07. The van der Waals surface area contributed by atoms with E-state index < -0.39 is 9.84 Å². The molecule has 0 bridgehead atoms. The first kappa shape index (κ1) is 16.7. The van der Waals surface area contributed by atoms with E-state index >= 15 is 0 Å². The highest BCUT2D eigenvalue weighted by atomic mass is 35.5. The van der Waals surface area contributed by atoms with E-state index in [1.807, 2.05) is 11.8 Å². The summed E-state index contributed by atoms with van der Waals surface area (Å²) in [6, 6.07) is 0.251. The molecule has 0 spiro atoms. The van der Waals surface area contributed by atoms with Gasteiger partial charge in [-0.25, -0.2) is 8.42 Å². The van der Waals surface area contributed by atoms with Gasteiger partial charge in [0.25, 0.3) is 0 Å². The van der Waals surface area contributed by atoms with Crippen LogP contribution in [0.3, 0.4) is 0 Å². The molecule has 2 fully saturated rings. The smallest absolute Gasteiger partial charge is 0.227 e. The standard InChI is InChI=1S/C12H22N2O3S.ClH/c1-2-6-14(11-3-5-13-8-11)12(15)10-4-7-18(16,17)9-10;/h10-11,13H,2-9H2,1H3;1H. The lowest BCUT2D eigenvalue weighted by Crippen LogP contribution is -2.45. The summed E-state index contributed by atoms with van der Waals surface area (Å²) in [6.45, 7) is 4.57. The maximum atomic E-state index is 12.4. The molecular formula is C12H23ClN2O3S. The first-order valence-corrected chi connectivity index (χ1v) is 8.57. The van der Waals surface area contributed by atoms with Crippen molar-refractivity contribution in [3.8, 4) is 0 Å². The predicted octanol–water partition coefficient (Wildman–Crippen LogP) is 0.443. The van der Waals surface area contributed by atoms with Crippen LogP contribution in [0.1, 0.15) is 26.2 Å². The minimum atomic E-state index is -2.98. The number of sulfone groups is 1. The number of hydrogen-bond acceptors (Lipinski definition) is 4. The van der Waals surface area contributed by atoms with Crippen LogP contribution in [-0.4, -0.2) is 56.4 Å². The summed E-state index contributed by atoms with van der Waals surface area (Å²) in [7, 11) is -2.98. The lowest BCUT2D eigenvalue weighted by atomic mass is 10.1. The van der Waals surface area contributed by atoms with Crippen LogP contribution in [0.15, 0.2) is 0 Å². The zero-order valence-corrected chi connectivity index (χ0v) is 12.9. The summed E-state index contributed by atoms with van der Waals surface area (Å²) in [4.78, 5) is 14.4. The van der Waals surface area contributed by atoms with E-state index in [2.05, 4.69) is 5.32 Å². The zero-order chi connectivity index (χ0) is 13.2. The zero-order valence-electron chi connectivity index (χ0n) is 11.3. The Morgan fingerprint density at radius 1 is 1.37 bits per heavy atom. The van der Waals surface area contributed by atoms with Crippen molar-refractivity contribution < 1.29 is 13.2 Å². The van der Waals surface area contributed by atoms with Gasteiger partial charge >= 0.3 is 0 Å². The monoisotopic (exact) mass is 310 g/mol. The van der Waals surface area contributed by atoms with Crippen LogP contribution in [0.2, 0.25) is 0 Å². The van der Waals surface area contributed by atoms with E-state index in [9.17, 15) is 13.2 Å². The number of rotatable bonds is 4. The summed E-state index contributed by atoms with van der Waals surface area (Å²) in [5.74, 6) is -0.0350. The number of amides is 1. The second-order valence-corrected chi connectivity index (χ2v) is 7.51. The molecule has 0 radical (unpaired) electrons. The molecule has 2 unspecified atom stereocenters. The Kier molecular flexibility index (Phi) is 6.08. The Morgan fingerprint density at radius 3 is 2.58 bits per heavy atom. The van der Waals surface area contributed by atoms with Gasteiger partial charge in [-0.3, -0.25) is 4.79 Å². The average Bonchev–Trinajstić information content (AvgIpc) is 2.94. The molecule has 2 rings (SSSR count). The highest BCUT2D eigenvalue weighted by Crippen LogP contribution is 2.23. The van der Waals surface area contributed by atoms with Gasteiger partial charge in [-0.15, -0.1) is 12.4 Å². The molecule has 2 aliphatic rings. The van der Waals surface area contributed by atoms with Crippen LogP contribution in [0.25, 0.3) is 0 Å². The number of carbonyl (C=O) groups is 1. The fraction of sp³-hybridized carbons (Fsp3) is 0.917. The highest BCUT2D eigenvalue weighted by molar-refractivity contribution is 7.91. The fourth-order valence-corrected chi connectivity index (χ4v) is 4.58. The minimum absolute atomic E-state index is 0. The van der Waals surface area contributed by atoms with Crippen LogP contribution in [0.5, 0.6) is 0 Å². The largest absolute Gasteiger partial charge is 0.338 e. The van der Waals surface area contributed by atoms with Crippen LogP contribution in [0, 0.1) is 5.92 Å². The minimum Gasteiger partial charge on any atom is -0.338 e. The SMILES string of the molecule is CCCN(C(=O)C1CCS(=O)(=O)C1)C1CCNC1.Cl. The van der Waals surface area contributed by atoms with Crippen LogP contribution in [-0.2, 0) is 14.6 Å². The predicted molar refractivity (Wildman–Crippen MR) is 77.3 cm³/mol. The van der Waals surface area contributed by atoms with Gasteiger partial charge in [0, 0.05) is 19.1 Å². The van der Waals surface area contributed by atoms with Gasteiger partial charge < -0.3 is 10.2 Å². The summed E-state index contributed by atoms with van der Waals surface area (Å²) in [5, 5.41) is 3.26. The van der Waals surface area contributed by atoms with Crippen molar-refractivity contribution in [1.29, 1.82) is 0 Å². The number of nitrogens with one attached hydrogen (secondary N) is 1. The molecular weight excluding hydrogens is 288 g/mol. The first-order valence-electron chi connectivity index (χ1n) is 6.75. The third-order valence-electron chi connectivity index (χ3n) is 3.80. The fourth-order valence-electron chi connectivity index (χ4n) is 2.84. The van der Waals surface area contributed by atoms with Gasteiger partial charge in [-0.1, -0.05) is 6.92 Å². The van der Waals surface area contributed by atoms with Gasteiger partial charge in [-0.2, -0.15) is 0 Å². The topological polar surface area (TPSA) is 66.5 Å².